The van der Waals surface area contributed by atoms with Crippen LogP contribution in [0.5, 0.6) is 0 Å². The summed E-state index contributed by atoms with van der Waals surface area (Å²) in [6, 6.07) is 6.48. The Hall–Kier alpha value is -1.36. The molecule has 20 heavy (non-hydrogen) atoms. The summed E-state index contributed by atoms with van der Waals surface area (Å²) in [7, 11) is -3.21. The van der Waals surface area contributed by atoms with Crippen molar-refractivity contribution in [1.29, 1.82) is 0 Å². The van der Waals surface area contributed by atoms with Crippen molar-refractivity contribution in [3.05, 3.63) is 24.3 Å². The Morgan fingerprint density at radius 2 is 1.70 bits per heavy atom. The average molecular weight is 295 g/mol. The normalized spacial score (nSPS) is 16.6. The van der Waals surface area contributed by atoms with Gasteiger partial charge in [0.2, 0.25) is 5.91 Å². The van der Waals surface area contributed by atoms with Gasteiger partial charge in [-0.25, -0.2) is 8.42 Å². The molecule has 0 bridgehead atoms. The first-order chi connectivity index (χ1) is 9.41. The van der Waals surface area contributed by atoms with Crippen molar-refractivity contribution >= 4 is 21.4 Å². The van der Waals surface area contributed by atoms with Gasteiger partial charge >= 0.3 is 0 Å². The molecule has 0 radical (unpaired) electrons. The zero-order valence-corrected chi connectivity index (χ0v) is 12.7. The molecule has 0 atom stereocenters. The molecule has 2 rings (SSSR count). The number of carbonyl (C=O) groups is 1. The van der Waals surface area contributed by atoms with Crippen LogP contribution in [-0.2, 0) is 14.6 Å². The molecule has 1 aromatic rings. The number of benzene rings is 1. The van der Waals surface area contributed by atoms with Crippen LogP contribution in [0.25, 0.3) is 0 Å². The fraction of sp³-hybridized carbons (Fsp3) is 0.533. The number of hydrogen-bond acceptors (Lipinski definition) is 3. The summed E-state index contributed by atoms with van der Waals surface area (Å²) in [5.41, 5.74) is 0.633. The van der Waals surface area contributed by atoms with Crippen molar-refractivity contribution in [2.24, 2.45) is 5.92 Å². The van der Waals surface area contributed by atoms with Gasteiger partial charge in [-0.15, -0.1) is 0 Å². The van der Waals surface area contributed by atoms with Crippen LogP contribution in [0.2, 0.25) is 0 Å². The van der Waals surface area contributed by atoms with Gasteiger partial charge in [0.25, 0.3) is 0 Å². The Balaban J connectivity index is 2.13. The lowest BCUT2D eigenvalue weighted by Crippen LogP contribution is -2.19. The molecule has 0 unspecified atom stereocenters. The van der Waals surface area contributed by atoms with Crippen molar-refractivity contribution in [2.75, 3.05) is 5.32 Å². The van der Waals surface area contributed by atoms with Crippen LogP contribution in [0.1, 0.15) is 39.5 Å². The van der Waals surface area contributed by atoms with E-state index in [-0.39, 0.29) is 17.1 Å². The maximum atomic E-state index is 12.4. The van der Waals surface area contributed by atoms with Crippen LogP contribution >= 0.6 is 0 Å². The number of nitrogens with one attached hydrogen (secondary N) is 1. The molecule has 5 heteroatoms. The standard InChI is InChI=1S/C15H21NO3S/c1-11(2)15(17)16-12-7-9-14(10-8-12)20(18,19)13-5-3-4-6-13/h7-11,13H,3-6H2,1-2H3,(H,16,17). The van der Waals surface area contributed by atoms with Crippen molar-refractivity contribution in [1.82, 2.24) is 0 Å². The summed E-state index contributed by atoms with van der Waals surface area (Å²) in [6.07, 6.45) is 3.50. The first kappa shape index (κ1) is 15.0. The largest absolute Gasteiger partial charge is 0.326 e. The third-order valence-corrected chi connectivity index (χ3v) is 5.99. The van der Waals surface area contributed by atoms with Crippen LogP contribution in [0, 0.1) is 5.92 Å². The Morgan fingerprint density at radius 1 is 1.15 bits per heavy atom. The molecule has 0 heterocycles. The molecule has 1 aliphatic rings. The highest BCUT2D eigenvalue weighted by molar-refractivity contribution is 7.92. The van der Waals surface area contributed by atoms with E-state index in [1.54, 1.807) is 24.3 Å². The lowest BCUT2D eigenvalue weighted by molar-refractivity contribution is -0.118. The number of hydrogen-bond donors (Lipinski definition) is 1. The Morgan fingerprint density at radius 3 is 2.20 bits per heavy atom. The first-order valence-electron chi connectivity index (χ1n) is 7.06. The molecule has 1 N–H and O–H groups in total. The Bertz CT molecular complexity index is 570. The predicted octanol–water partition coefficient (Wildman–Crippen LogP) is 3.00. The fourth-order valence-corrected chi connectivity index (χ4v) is 4.26. The molecule has 1 fully saturated rings. The van der Waals surface area contributed by atoms with Gasteiger partial charge in [0, 0.05) is 11.6 Å². The van der Waals surface area contributed by atoms with E-state index < -0.39 is 9.84 Å². The van der Waals surface area contributed by atoms with Crippen LogP contribution in [-0.4, -0.2) is 19.6 Å². The number of amides is 1. The molecule has 4 nitrogen and oxygen atoms in total. The second kappa shape index (κ2) is 5.95. The minimum Gasteiger partial charge on any atom is -0.326 e. The molecule has 1 saturated carbocycles. The van der Waals surface area contributed by atoms with Crippen molar-refractivity contribution in [3.63, 3.8) is 0 Å². The third kappa shape index (κ3) is 3.20. The zero-order chi connectivity index (χ0) is 14.8. The van der Waals surface area contributed by atoms with Crippen molar-refractivity contribution < 1.29 is 13.2 Å². The van der Waals surface area contributed by atoms with Gasteiger partial charge < -0.3 is 5.32 Å². The van der Waals surface area contributed by atoms with Crippen molar-refractivity contribution in [3.8, 4) is 0 Å². The van der Waals surface area contributed by atoms with E-state index in [4.69, 9.17) is 0 Å². The summed E-state index contributed by atoms with van der Waals surface area (Å²) in [5, 5.41) is 2.52. The summed E-state index contributed by atoms with van der Waals surface area (Å²) in [5.74, 6) is -0.173. The van der Waals surface area contributed by atoms with E-state index >= 15 is 0 Å². The lowest BCUT2D eigenvalue weighted by Gasteiger charge is -2.12. The maximum absolute atomic E-state index is 12.4. The average Bonchev–Trinajstić information content (AvgIpc) is 2.93. The van der Waals surface area contributed by atoms with Crippen molar-refractivity contribution in [2.45, 2.75) is 49.7 Å². The van der Waals surface area contributed by atoms with E-state index in [1.165, 1.54) is 0 Å². The van der Waals surface area contributed by atoms with Gasteiger partial charge in [-0.2, -0.15) is 0 Å². The SMILES string of the molecule is CC(C)C(=O)Nc1ccc(S(=O)(=O)C2CCCC2)cc1. The quantitative estimate of drug-likeness (QED) is 0.928. The topological polar surface area (TPSA) is 63.2 Å². The van der Waals surface area contributed by atoms with E-state index in [0.717, 1.165) is 25.7 Å². The van der Waals surface area contributed by atoms with Gasteiger partial charge in [0.1, 0.15) is 0 Å². The fourth-order valence-electron chi connectivity index (χ4n) is 2.41. The molecule has 0 aliphatic heterocycles. The third-order valence-electron chi connectivity index (χ3n) is 3.72. The Kier molecular flexibility index (Phi) is 4.48. The second-order valence-corrected chi connectivity index (χ2v) is 7.85. The molecular formula is C15H21NO3S. The predicted molar refractivity (Wildman–Crippen MR) is 79.4 cm³/mol. The minimum atomic E-state index is -3.21. The van der Waals surface area contributed by atoms with E-state index in [0.29, 0.717) is 10.6 Å². The van der Waals surface area contributed by atoms with Gasteiger partial charge in [-0.3, -0.25) is 4.79 Å². The number of anilines is 1. The molecule has 110 valence electrons. The van der Waals surface area contributed by atoms with Crippen LogP contribution in [0.4, 0.5) is 5.69 Å². The van der Waals surface area contributed by atoms with Gasteiger partial charge in [0.15, 0.2) is 9.84 Å². The summed E-state index contributed by atoms with van der Waals surface area (Å²) >= 11 is 0. The highest BCUT2D eigenvalue weighted by Gasteiger charge is 2.30. The first-order valence-corrected chi connectivity index (χ1v) is 8.60. The number of rotatable bonds is 4. The van der Waals surface area contributed by atoms with Crippen LogP contribution in [0.3, 0.4) is 0 Å². The Labute approximate surface area is 120 Å². The molecular weight excluding hydrogens is 274 g/mol. The summed E-state index contributed by atoms with van der Waals surface area (Å²) in [4.78, 5) is 11.9. The monoisotopic (exact) mass is 295 g/mol. The lowest BCUT2D eigenvalue weighted by atomic mass is 10.2. The molecule has 0 aromatic heterocycles. The number of sulfone groups is 1. The molecule has 1 aromatic carbocycles. The van der Waals surface area contributed by atoms with E-state index in [1.807, 2.05) is 13.8 Å². The number of carbonyl (C=O) groups excluding carboxylic acids is 1. The summed E-state index contributed by atoms with van der Waals surface area (Å²) in [6.45, 7) is 3.63. The van der Waals surface area contributed by atoms with E-state index in [9.17, 15) is 13.2 Å². The molecule has 1 aliphatic carbocycles. The van der Waals surface area contributed by atoms with Crippen LogP contribution in [0.15, 0.2) is 29.2 Å². The zero-order valence-electron chi connectivity index (χ0n) is 11.9. The van der Waals surface area contributed by atoms with Crippen LogP contribution < -0.4 is 5.32 Å². The van der Waals surface area contributed by atoms with Gasteiger partial charge in [0.05, 0.1) is 10.1 Å². The second-order valence-electron chi connectivity index (χ2n) is 5.62. The van der Waals surface area contributed by atoms with E-state index in [2.05, 4.69) is 5.32 Å². The maximum Gasteiger partial charge on any atom is 0.226 e. The molecule has 0 spiro atoms. The highest BCUT2D eigenvalue weighted by atomic mass is 32.2. The highest BCUT2D eigenvalue weighted by Crippen LogP contribution is 2.30. The minimum absolute atomic E-state index is 0.0728. The molecule has 1 amide bonds. The summed E-state index contributed by atoms with van der Waals surface area (Å²) < 4.78 is 24.8. The van der Waals surface area contributed by atoms with Gasteiger partial charge in [-0.1, -0.05) is 26.7 Å². The smallest absolute Gasteiger partial charge is 0.226 e. The van der Waals surface area contributed by atoms with Gasteiger partial charge in [-0.05, 0) is 37.1 Å². The molecule has 0 saturated heterocycles.